The summed E-state index contributed by atoms with van der Waals surface area (Å²) in [6.07, 6.45) is 1.66. The average Bonchev–Trinajstić information content (AvgIpc) is 3.09. The molecule has 4 aromatic rings. The first kappa shape index (κ1) is 18.8. The number of carbonyl (C=O) groups is 1. The van der Waals surface area contributed by atoms with Gasteiger partial charge in [0.2, 0.25) is 0 Å². The van der Waals surface area contributed by atoms with E-state index in [1.165, 1.54) is 4.57 Å². The van der Waals surface area contributed by atoms with Crippen molar-refractivity contribution in [1.29, 1.82) is 0 Å². The third kappa shape index (κ3) is 3.09. The van der Waals surface area contributed by atoms with Crippen LogP contribution >= 0.6 is 0 Å². The van der Waals surface area contributed by atoms with E-state index in [0.29, 0.717) is 33.7 Å². The molecule has 3 aromatic carbocycles. The molecule has 6 heteroatoms. The van der Waals surface area contributed by atoms with Crippen LogP contribution in [0.25, 0.3) is 28.2 Å². The largest absolute Gasteiger partial charge is 0.495 e. The predicted octanol–water partition coefficient (Wildman–Crippen LogP) is 4.20. The Morgan fingerprint density at radius 1 is 1.00 bits per heavy atom. The summed E-state index contributed by atoms with van der Waals surface area (Å²) in [7, 11) is 1.57. The van der Waals surface area contributed by atoms with Gasteiger partial charge in [-0.2, -0.15) is 0 Å². The van der Waals surface area contributed by atoms with Crippen LogP contribution in [-0.4, -0.2) is 22.6 Å². The molecule has 2 heterocycles. The van der Waals surface area contributed by atoms with Gasteiger partial charge < -0.3 is 10.1 Å². The van der Waals surface area contributed by atoms with Gasteiger partial charge in [0.1, 0.15) is 11.6 Å². The van der Waals surface area contributed by atoms with Gasteiger partial charge in [0.15, 0.2) is 0 Å². The number of hydrogen-bond donors (Lipinski definition) is 1. The lowest BCUT2D eigenvalue weighted by molar-refractivity contribution is -0.110. The Labute approximate surface area is 178 Å². The van der Waals surface area contributed by atoms with Crippen molar-refractivity contribution in [1.82, 2.24) is 9.55 Å². The lowest BCUT2D eigenvalue weighted by Gasteiger charge is -2.15. The third-order valence-electron chi connectivity index (χ3n) is 5.36. The number of methoxy groups -OCH3 is 1. The molecule has 1 aliphatic rings. The molecule has 0 atom stereocenters. The third-order valence-corrected chi connectivity index (χ3v) is 5.36. The van der Waals surface area contributed by atoms with Crippen molar-refractivity contribution < 1.29 is 9.53 Å². The van der Waals surface area contributed by atoms with Gasteiger partial charge in [-0.05, 0) is 48.9 Å². The zero-order valence-electron chi connectivity index (χ0n) is 17.0. The highest BCUT2D eigenvalue weighted by Crippen LogP contribution is 2.33. The number of hydrogen-bond acceptors (Lipinski definition) is 4. The molecule has 1 aromatic heterocycles. The maximum Gasteiger partial charge on any atom is 0.266 e. The Morgan fingerprint density at radius 2 is 1.77 bits per heavy atom. The molecule has 0 aliphatic carbocycles. The normalized spacial score (nSPS) is 14.0. The topological polar surface area (TPSA) is 73.2 Å². The smallest absolute Gasteiger partial charge is 0.266 e. The van der Waals surface area contributed by atoms with Crippen LogP contribution < -0.4 is 15.6 Å². The van der Waals surface area contributed by atoms with Crippen LogP contribution in [0.5, 0.6) is 5.75 Å². The van der Waals surface area contributed by atoms with Gasteiger partial charge >= 0.3 is 0 Å². The molecule has 1 amide bonds. The summed E-state index contributed by atoms with van der Waals surface area (Å²) in [5.74, 6) is 0.675. The van der Waals surface area contributed by atoms with Gasteiger partial charge in [-0.3, -0.25) is 14.2 Å². The monoisotopic (exact) mass is 409 g/mol. The van der Waals surface area contributed by atoms with E-state index in [2.05, 4.69) is 5.32 Å². The highest BCUT2D eigenvalue weighted by molar-refractivity contribution is 6.34. The second-order valence-corrected chi connectivity index (χ2v) is 7.36. The number of ether oxygens (including phenoxy) is 1. The lowest BCUT2D eigenvalue weighted by Crippen LogP contribution is -2.23. The van der Waals surface area contributed by atoms with Crippen molar-refractivity contribution in [3.63, 3.8) is 0 Å². The van der Waals surface area contributed by atoms with Gasteiger partial charge in [0.25, 0.3) is 11.5 Å². The van der Waals surface area contributed by atoms with Crippen LogP contribution in [-0.2, 0) is 4.79 Å². The first-order valence-corrected chi connectivity index (χ1v) is 9.86. The molecule has 5 rings (SSSR count). The average molecular weight is 409 g/mol. The van der Waals surface area contributed by atoms with Gasteiger partial charge in [0, 0.05) is 11.3 Å². The molecule has 0 bridgehead atoms. The summed E-state index contributed by atoms with van der Waals surface area (Å²) in [6.45, 7) is 1.95. The quantitative estimate of drug-likeness (QED) is 0.515. The Hall–Kier alpha value is -4.19. The maximum absolute atomic E-state index is 13.5. The molecule has 0 fully saturated rings. The zero-order chi connectivity index (χ0) is 21.5. The van der Waals surface area contributed by atoms with E-state index in [1.54, 1.807) is 31.4 Å². The number of rotatable bonds is 3. The van der Waals surface area contributed by atoms with E-state index in [4.69, 9.17) is 9.72 Å². The van der Waals surface area contributed by atoms with E-state index in [0.717, 1.165) is 16.8 Å². The summed E-state index contributed by atoms with van der Waals surface area (Å²) in [5.41, 5.74) is 3.87. The minimum atomic E-state index is -0.231. The number of aromatic nitrogens is 2. The Kier molecular flexibility index (Phi) is 4.40. The molecule has 0 saturated heterocycles. The van der Waals surface area contributed by atoms with Crippen molar-refractivity contribution >= 4 is 34.1 Å². The zero-order valence-corrected chi connectivity index (χ0v) is 17.0. The molecular weight excluding hydrogens is 390 g/mol. The molecule has 0 unspecified atom stereocenters. The van der Waals surface area contributed by atoms with Crippen molar-refractivity contribution in [3.8, 4) is 11.4 Å². The van der Waals surface area contributed by atoms with Crippen molar-refractivity contribution in [3.05, 3.63) is 94.0 Å². The minimum absolute atomic E-state index is 0.230. The van der Waals surface area contributed by atoms with Crippen LogP contribution in [0.1, 0.15) is 17.0 Å². The molecule has 1 aliphatic heterocycles. The highest BCUT2D eigenvalue weighted by atomic mass is 16.5. The fourth-order valence-electron chi connectivity index (χ4n) is 3.86. The summed E-state index contributed by atoms with van der Waals surface area (Å²) in [4.78, 5) is 31.0. The van der Waals surface area contributed by atoms with Gasteiger partial charge in [0.05, 0.1) is 29.3 Å². The summed E-state index contributed by atoms with van der Waals surface area (Å²) >= 11 is 0. The Bertz CT molecular complexity index is 1450. The Balaban J connectivity index is 1.85. The van der Waals surface area contributed by atoms with Crippen LogP contribution in [0.15, 0.2) is 71.5 Å². The molecule has 1 N–H and O–H groups in total. The summed E-state index contributed by atoms with van der Waals surface area (Å²) in [6, 6.07) is 20.2. The standard InChI is InChI=1S/C25H19N3O3/c1-15-11-12-21(22(13-15)31-2)28-23(26-20-10-6-4-8-17(20)25(28)30)14-18-16-7-3-5-9-19(16)27-24(18)29/h3-14H,1-2H3,(H,27,29)/b18-14-. The van der Waals surface area contributed by atoms with E-state index in [-0.39, 0.29) is 11.5 Å². The number of para-hydroxylation sites is 2. The minimum Gasteiger partial charge on any atom is -0.495 e. The molecule has 0 spiro atoms. The first-order chi connectivity index (χ1) is 15.1. The van der Waals surface area contributed by atoms with E-state index >= 15 is 0 Å². The molecule has 152 valence electrons. The SMILES string of the molecule is COc1cc(C)ccc1-n1c(/C=C2\C(=O)Nc3ccccc32)nc2ccccc2c1=O. The van der Waals surface area contributed by atoms with E-state index in [9.17, 15) is 9.59 Å². The number of nitrogens with one attached hydrogen (secondary N) is 1. The van der Waals surface area contributed by atoms with Crippen LogP contribution in [0, 0.1) is 6.92 Å². The van der Waals surface area contributed by atoms with Gasteiger partial charge in [-0.15, -0.1) is 0 Å². The number of anilines is 1. The number of carbonyl (C=O) groups excluding carboxylic acids is 1. The van der Waals surface area contributed by atoms with Crippen molar-refractivity contribution in [2.75, 3.05) is 12.4 Å². The number of fused-ring (bicyclic) bond motifs is 2. The van der Waals surface area contributed by atoms with E-state index in [1.807, 2.05) is 55.5 Å². The van der Waals surface area contributed by atoms with Crippen molar-refractivity contribution in [2.45, 2.75) is 6.92 Å². The number of nitrogens with zero attached hydrogens (tertiary/aromatic N) is 2. The molecule has 0 saturated carbocycles. The number of benzene rings is 3. The highest BCUT2D eigenvalue weighted by Gasteiger charge is 2.25. The molecule has 6 nitrogen and oxygen atoms in total. The molecule has 31 heavy (non-hydrogen) atoms. The first-order valence-electron chi connectivity index (χ1n) is 9.86. The number of amides is 1. The molecular formula is C25H19N3O3. The van der Waals surface area contributed by atoms with Crippen molar-refractivity contribution in [2.24, 2.45) is 0 Å². The fourth-order valence-corrected chi connectivity index (χ4v) is 3.86. The second kappa shape index (κ2) is 7.25. The summed E-state index contributed by atoms with van der Waals surface area (Å²) in [5, 5.41) is 3.35. The molecule has 0 radical (unpaired) electrons. The predicted molar refractivity (Wildman–Crippen MR) is 122 cm³/mol. The maximum atomic E-state index is 13.5. The van der Waals surface area contributed by atoms with Crippen LogP contribution in [0.3, 0.4) is 0 Å². The van der Waals surface area contributed by atoms with E-state index < -0.39 is 0 Å². The second-order valence-electron chi connectivity index (χ2n) is 7.36. The summed E-state index contributed by atoms with van der Waals surface area (Å²) < 4.78 is 7.06. The number of aryl methyl sites for hydroxylation is 1. The lowest BCUT2D eigenvalue weighted by atomic mass is 10.1. The van der Waals surface area contributed by atoms with Crippen LogP contribution in [0.4, 0.5) is 5.69 Å². The fraction of sp³-hybridized carbons (Fsp3) is 0.0800. The van der Waals surface area contributed by atoms with Crippen LogP contribution in [0.2, 0.25) is 0 Å². The Morgan fingerprint density at radius 3 is 2.61 bits per heavy atom. The van der Waals surface area contributed by atoms with Gasteiger partial charge in [-0.25, -0.2) is 4.98 Å². The van der Waals surface area contributed by atoms with Gasteiger partial charge in [-0.1, -0.05) is 36.4 Å².